The van der Waals surface area contributed by atoms with Gasteiger partial charge in [0, 0.05) is 24.8 Å². The second-order valence-corrected chi connectivity index (χ2v) is 4.13. The maximum absolute atomic E-state index is 14.1. The zero-order valence-corrected chi connectivity index (χ0v) is 10.8. The summed E-state index contributed by atoms with van der Waals surface area (Å²) in [4.78, 5) is 0. The summed E-state index contributed by atoms with van der Waals surface area (Å²) in [5.41, 5.74) is 2.39. The molecule has 96 valence electrons. The van der Waals surface area contributed by atoms with Crippen LogP contribution in [0.25, 0.3) is 11.3 Å². The molecule has 1 aromatic heterocycles. The van der Waals surface area contributed by atoms with Crippen molar-refractivity contribution in [1.29, 1.82) is 0 Å². The molecule has 2 aromatic rings. The number of aromatic nitrogens is 2. The van der Waals surface area contributed by atoms with Crippen molar-refractivity contribution in [3.63, 3.8) is 0 Å². The van der Waals surface area contributed by atoms with Crippen molar-refractivity contribution in [3.05, 3.63) is 41.8 Å². The SMILES string of the molecule is CCNCc1ccc(-c2ccnn2CC)c(F)c1. The molecule has 2 rings (SSSR count). The molecule has 0 aliphatic rings. The van der Waals surface area contributed by atoms with Gasteiger partial charge in [0.15, 0.2) is 0 Å². The van der Waals surface area contributed by atoms with E-state index >= 15 is 0 Å². The smallest absolute Gasteiger partial charge is 0.132 e. The minimum Gasteiger partial charge on any atom is -0.313 e. The largest absolute Gasteiger partial charge is 0.313 e. The summed E-state index contributed by atoms with van der Waals surface area (Å²) in [5.74, 6) is -0.194. The van der Waals surface area contributed by atoms with E-state index < -0.39 is 0 Å². The summed E-state index contributed by atoms with van der Waals surface area (Å²) < 4.78 is 15.9. The molecule has 0 fully saturated rings. The Morgan fingerprint density at radius 3 is 2.78 bits per heavy atom. The van der Waals surface area contributed by atoms with E-state index in [9.17, 15) is 4.39 Å². The van der Waals surface area contributed by atoms with Crippen molar-refractivity contribution in [2.24, 2.45) is 0 Å². The highest BCUT2D eigenvalue weighted by Gasteiger charge is 2.10. The average molecular weight is 247 g/mol. The summed E-state index contributed by atoms with van der Waals surface area (Å²) in [6, 6.07) is 7.20. The van der Waals surface area contributed by atoms with Crippen molar-refractivity contribution < 1.29 is 4.39 Å². The lowest BCUT2D eigenvalue weighted by Crippen LogP contribution is -2.11. The minimum atomic E-state index is -0.194. The Hall–Kier alpha value is -1.68. The summed E-state index contributed by atoms with van der Waals surface area (Å²) in [5, 5.41) is 7.35. The van der Waals surface area contributed by atoms with Crippen LogP contribution in [0.2, 0.25) is 0 Å². The Bertz CT molecular complexity index is 520. The van der Waals surface area contributed by atoms with Gasteiger partial charge in [0.1, 0.15) is 5.82 Å². The van der Waals surface area contributed by atoms with Crippen LogP contribution < -0.4 is 5.32 Å². The maximum Gasteiger partial charge on any atom is 0.132 e. The highest BCUT2D eigenvalue weighted by atomic mass is 19.1. The van der Waals surface area contributed by atoms with Crippen LogP contribution in [0, 0.1) is 5.82 Å². The van der Waals surface area contributed by atoms with Crippen molar-refractivity contribution >= 4 is 0 Å². The van der Waals surface area contributed by atoms with Crippen LogP contribution in [-0.4, -0.2) is 16.3 Å². The fourth-order valence-electron chi connectivity index (χ4n) is 1.96. The van der Waals surface area contributed by atoms with E-state index in [4.69, 9.17) is 0 Å². The normalized spacial score (nSPS) is 10.8. The Morgan fingerprint density at radius 2 is 2.11 bits per heavy atom. The molecule has 0 saturated carbocycles. The third-order valence-corrected chi connectivity index (χ3v) is 2.90. The van der Waals surface area contributed by atoms with Crippen LogP contribution in [-0.2, 0) is 13.1 Å². The van der Waals surface area contributed by atoms with Crippen molar-refractivity contribution in [2.75, 3.05) is 6.54 Å². The lowest BCUT2D eigenvalue weighted by molar-refractivity contribution is 0.617. The first-order valence-corrected chi connectivity index (χ1v) is 6.27. The molecule has 4 heteroatoms. The topological polar surface area (TPSA) is 29.9 Å². The van der Waals surface area contributed by atoms with Crippen LogP contribution in [0.5, 0.6) is 0 Å². The number of halogens is 1. The lowest BCUT2D eigenvalue weighted by atomic mass is 10.1. The predicted molar refractivity (Wildman–Crippen MR) is 70.7 cm³/mol. The van der Waals surface area contributed by atoms with Gasteiger partial charge in [-0.3, -0.25) is 4.68 Å². The highest BCUT2D eigenvalue weighted by Crippen LogP contribution is 2.23. The van der Waals surface area contributed by atoms with E-state index in [1.807, 2.05) is 32.0 Å². The predicted octanol–water partition coefficient (Wildman–Crippen LogP) is 2.82. The zero-order valence-electron chi connectivity index (χ0n) is 10.8. The fourth-order valence-corrected chi connectivity index (χ4v) is 1.96. The van der Waals surface area contributed by atoms with Crippen LogP contribution >= 0.6 is 0 Å². The Kier molecular flexibility index (Phi) is 4.10. The molecule has 0 aliphatic heterocycles. The first kappa shape index (κ1) is 12.8. The van der Waals surface area contributed by atoms with Gasteiger partial charge in [0.05, 0.1) is 5.69 Å². The third kappa shape index (κ3) is 2.59. The third-order valence-electron chi connectivity index (χ3n) is 2.90. The molecule has 0 saturated heterocycles. The maximum atomic E-state index is 14.1. The first-order chi connectivity index (χ1) is 8.76. The number of rotatable bonds is 5. The van der Waals surface area contributed by atoms with Gasteiger partial charge in [-0.2, -0.15) is 5.10 Å². The Labute approximate surface area is 107 Å². The number of aryl methyl sites for hydroxylation is 1. The number of hydrogen-bond acceptors (Lipinski definition) is 2. The first-order valence-electron chi connectivity index (χ1n) is 6.27. The van der Waals surface area contributed by atoms with E-state index in [0.717, 1.165) is 24.3 Å². The van der Waals surface area contributed by atoms with E-state index in [0.29, 0.717) is 12.1 Å². The van der Waals surface area contributed by atoms with Gasteiger partial charge >= 0.3 is 0 Å². The molecule has 0 aliphatic carbocycles. The lowest BCUT2D eigenvalue weighted by Gasteiger charge is -2.08. The van der Waals surface area contributed by atoms with E-state index in [2.05, 4.69) is 10.4 Å². The molecule has 18 heavy (non-hydrogen) atoms. The molecule has 1 aromatic carbocycles. The number of nitrogens with zero attached hydrogens (tertiary/aromatic N) is 2. The molecule has 0 amide bonds. The highest BCUT2D eigenvalue weighted by molar-refractivity contribution is 5.60. The number of benzene rings is 1. The Morgan fingerprint density at radius 1 is 1.28 bits per heavy atom. The van der Waals surface area contributed by atoms with Gasteiger partial charge in [-0.15, -0.1) is 0 Å². The summed E-state index contributed by atoms with van der Waals surface area (Å²) in [6.45, 7) is 6.34. The monoisotopic (exact) mass is 247 g/mol. The van der Waals surface area contributed by atoms with Gasteiger partial charge in [0.25, 0.3) is 0 Å². The zero-order chi connectivity index (χ0) is 13.0. The fraction of sp³-hybridized carbons (Fsp3) is 0.357. The van der Waals surface area contributed by atoms with Crippen LogP contribution in [0.4, 0.5) is 4.39 Å². The molecule has 0 bridgehead atoms. The van der Waals surface area contributed by atoms with Gasteiger partial charge in [-0.05, 0) is 37.2 Å². The van der Waals surface area contributed by atoms with Gasteiger partial charge in [0.2, 0.25) is 0 Å². The van der Waals surface area contributed by atoms with Gasteiger partial charge < -0.3 is 5.32 Å². The molecule has 0 unspecified atom stereocenters. The van der Waals surface area contributed by atoms with E-state index in [1.165, 1.54) is 0 Å². The second-order valence-electron chi connectivity index (χ2n) is 4.13. The summed E-state index contributed by atoms with van der Waals surface area (Å²) >= 11 is 0. The summed E-state index contributed by atoms with van der Waals surface area (Å²) in [6.07, 6.45) is 1.70. The average Bonchev–Trinajstić information content (AvgIpc) is 2.84. The van der Waals surface area contributed by atoms with Crippen LogP contribution in [0.1, 0.15) is 19.4 Å². The molecule has 3 nitrogen and oxygen atoms in total. The van der Waals surface area contributed by atoms with E-state index in [-0.39, 0.29) is 5.82 Å². The quantitative estimate of drug-likeness (QED) is 0.880. The molecular weight excluding hydrogens is 229 g/mol. The van der Waals surface area contributed by atoms with Crippen LogP contribution in [0.15, 0.2) is 30.5 Å². The minimum absolute atomic E-state index is 0.194. The van der Waals surface area contributed by atoms with Crippen molar-refractivity contribution in [1.82, 2.24) is 15.1 Å². The Balaban J connectivity index is 2.30. The molecule has 0 spiro atoms. The molecule has 0 atom stereocenters. The van der Waals surface area contributed by atoms with Gasteiger partial charge in [-0.25, -0.2) is 4.39 Å². The molecule has 1 heterocycles. The molecule has 0 radical (unpaired) electrons. The van der Waals surface area contributed by atoms with E-state index in [1.54, 1.807) is 16.9 Å². The van der Waals surface area contributed by atoms with Gasteiger partial charge in [-0.1, -0.05) is 13.0 Å². The van der Waals surface area contributed by atoms with Crippen molar-refractivity contribution in [2.45, 2.75) is 26.9 Å². The second kappa shape index (κ2) is 5.78. The molecule has 1 N–H and O–H groups in total. The van der Waals surface area contributed by atoms with Crippen molar-refractivity contribution in [3.8, 4) is 11.3 Å². The number of nitrogens with one attached hydrogen (secondary N) is 1. The standard InChI is InChI=1S/C14H18FN3/c1-3-16-10-11-5-6-12(13(15)9-11)14-7-8-17-18(14)4-2/h5-9,16H,3-4,10H2,1-2H3. The summed E-state index contributed by atoms with van der Waals surface area (Å²) in [7, 11) is 0. The molecular formula is C14H18FN3. The number of hydrogen-bond donors (Lipinski definition) is 1. The van der Waals surface area contributed by atoms with Crippen LogP contribution in [0.3, 0.4) is 0 Å².